The third-order valence-electron chi connectivity index (χ3n) is 4.99. The van der Waals surface area contributed by atoms with Gasteiger partial charge in [0.1, 0.15) is 12.1 Å². The van der Waals surface area contributed by atoms with Gasteiger partial charge >= 0.3 is 12.0 Å². The standard InChI is InChI=1S/C19H22N4O6/c1-11(15(25)21-22-16(26)12-6-4-3-5-7-12)29-14(24)10-23-17(27)19(2,13-8-9-13)20-18(23)28/h3-7,11,13H,8-10H2,1-2H3,(H,20,28)(H,21,25)(H,22,26)/t11-,19-/m1/s1. The Morgan fingerprint density at radius 3 is 2.48 bits per heavy atom. The minimum absolute atomic E-state index is 0.0675. The van der Waals surface area contributed by atoms with E-state index in [0.717, 1.165) is 17.7 Å². The molecule has 5 amide bonds. The number of hydrazine groups is 1. The van der Waals surface area contributed by atoms with E-state index >= 15 is 0 Å². The fraction of sp³-hybridized carbons (Fsp3) is 0.421. The average Bonchev–Trinajstić information content (AvgIpc) is 3.52. The smallest absolute Gasteiger partial charge is 0.327 e. The highest BCUT2D eigenvalue weighted by atomic mass is 16.5. The molecule has 29 heavy (non-hydrogen) atoms. The molecule has 154 valence electrons. The van der Waals surface area contributed by atoms with E-state index in [1.54, 1.807) is 37.3 Å². The molecular formula is C19H22N4O6. The van der Waals surface area contributed by atoms with Crippen molar-refractivity contribution in [1.29, 1.82) is 0 Å². The highest BCUT2D eigenvalue weighted by molar-refractivity contribution is 6.09. The van der Waals surface area contributed by atoms with Crippen molar-refractivity contribution in [3.63, 3.8) is 0 Å². The Balaban J connectivity index is 1.47. The number of esters is 1. The molecule has 1 heterocycles. The summed E-state index contributed by atoms with van der Waals surface area (Å²) in [4.78, 5) is 61.4. The van der Waals surface area contributed by atoms with Crippen LogP contribution in [0.2, 0.25) is 0 Å². The Hall–Kier alpha value is -3.43. The van der Waals surface area contributed by atoms with Crippen LogP contribution >= 0.6 is 0 Å². The van der Waals surface area contributed by atoms with Crippen LogP contribution in [-0.4, -0.2) is 52.8 Å². The third-order valence-corrected chi connectivity index (χ3v) is 4.99. The SMILES string of the molecule is C[C@@H](OC(=O)CN1C(=O)N[C@](C)(C2CC2)C1=O)C(=O)NNC(=O)c1ccccc1. The van der Waals surface area contributed by atoms with E-state index in [9.17, 15) is 24.0 Å². The summed E-state index contributed by atoms with van der Waals surface area (Å²) in [6, 6.07) is 7.57. The van der Waals surface area contributed by atoms with Gasteiger partial charge in [-0.05, 0) is 44.7 Å². The number of hydrogen-bond donors (Lipinski definition) is 3. The quantitative estimate of drug-likeness (QED) is 0.351. The second-order valence-electron chi connectivity index (χ2n) is 7.24. The van der Waals surface area contributed by atoms with Gasteiger partial charge in [0.15, 0.2) is 6.10 Å². The van der Waals surface area contributed by atoms with E-state index in [4.69, 9.17) is 4.74 Å². The van der Waals surface area contributed by atoms with Crippen LogP contribution in [0.25, 0.3) is 0 Å². The second kappa shape index (κ2) is 7.90. The lowest BCUT2D eigenvalue weighted by Crippen LogP contribution is -2.48. The lowest BCUT2D eigenvalue weighted by Gasteiger charge is -2.21. The molecule has 0 aromatic heterocycles. The number of urea groups is 1. The Morgan fingerprint density at radius 1 is 1.21 bits per heavy atom. The van der Waals surface area contributed by atoms with Crippen LogP contribution in [0.1, 0.15) is 37.0 Å². The summed E-state index contributed by atoms with van der Waals surface area (Å²) in [6.07, 6.45) is 0.438. The molecule has 2 atom stereocenters. The van der Waals surface area contributed by atoms with Crippen LogP contribution in [0.4, 0.5) is 4.79 Å². The van der Waals surface area contributed by atoms with Crippen LogP contribution < -0.4 is 16.2 Å². The highest BCUT2D eigenvalue weighted by Crippen LogP contribution is 2.42. The molecule has 3 rings (SSSR count). The van der Waals surface area contributed by atoms with Crippen LogP contribution in [-0.2, 0) is 19.1 Å². The van der Waals surface area contributed by atoms with Gasteiger partial charge < -0.3 is 10.1 Å². The largest absolute Gasteiger partial charge is 0.451 e. The number of benzene rings is 1. The minimum atomic E-state index is -1.24. The molecule has 2 aliphatic rings. The van der Waals surface area contributed by atoms with Crippen molar-refractivity contribution in [2.24, 2.45) is 5.92 Å². The molecule has 0 spiro atoms. The molecule has 1 aromatic rings. The lowest BCUT2D eigenvalue weighted by atomic mass is 9.96. The van der Waals surface area contributed by atoms with Crippen molar-refractivity contribution in [2.75, 3.05) is 6.54 Å². The third kappa shape index (κ3) is 4.36. The molecule has 1 saturated carbocycles. The summed E-state index contributed by atoms with van der Waals surface area (Å²) >= 11 is 0. The first kappa shape index (κ1) is 20.3. The molecule has 0 bridgehead atoms. The van der Waals surface area contributed by atoms with E-state index in [1.165, 1.54) is 6.92 Å². The Labute approximate surface area is 166 Å². The number of amides is 5. The number of nitrogens with zero attached hydrogens (tertiary/aromatic N) is 1. The highest BCUT2D eigenvalue weighted by Gasteiger charge is 2.56. The Morgan fingerprint density at radius 2 is 1.86 bits per heavy atom. The zero-order chi connectivity index (χ0) is 21.2. The number of carbonyl (C=O) groups is 5. The summed E-state index contributed by atoms with van der Waals surface area (Å²) in [5.41, 5.74) is 3.71. The molecule has 3 N–H and O–H groups in total. The zero-order valence-corrected chi connectivity index (χ0v) is 16.1. The summed E-state index contributed by atoms with van der Waals surface area (Å²) in [6.45, 7) is 2.35. The molecule has 1 aliphatic heterocycles. The maximum Gasteiger partial charge on any atom is 0.327 e. The topological polar surface area (TPSA) is 134 Å². The van der Waals surface area contributed by atoms with Crippen molar-refractivity contribution >= 4 is 29.7 Å². The van der Waals surface area contributed by atoms with Crippen LogP contribution in [0.3, 0.4) is 0 Å². The molecule has 1 aromatic carbocycles. The second-order valence-corrected chi connectivity index (χ2v) is 7.24. The molecule has 10 heteroatoms. The maximum atomic E-state index is 12.5. The molecular weight excluding hydrogens is 380 g/mol. The number of hydrogen-bond acceptors (Lipinski definition) is 6. The lowest BCUT2D eigenvalue weighted by molar-refractivity contribution is -0.156. The first-order chi connectivity index (χ1) is 13.7. The van der Waals surface area contributed by atoms with Crippen molar-refractivity contribution in [3.05, 3.63) is 35.9 Å². The fourth-order valence-corrected chi connectivity index (χ4v) is 3.10. The summed E-state index contributed by atoms with van der Waals surface area (Å²) < 4.78 is 4.98. The van der Waals surface area contributed by atoms with Crippen molar-refractivity contribution in [3.8, 4) is 0 Å². The van der Waals surface area contributed by atoms with E-state index in [1.807, 2.05) is 0 Å². The summed E-state index contributed by atoms with van der Waals surface area (Å²) in [5.74, 6) is -2.61. The predicted octanol–water partition coefficient (Wildman–Crippen LogP) is 0.0998. The number of imide groups is 1. The molecule has 1 aliphatic carbocycles. The Kier molecular flexibility index (Phi) is 5.53. The van der Waals surface area contributed by atoms with Crippen LogP contribution in [0.5, 0.6) is 0 Å². The van der Waals surface area contributed by atoms with Crippen LogP contribution in [0, 0.1) is 5.92 Å². The van der Waals surface area contributed by atoms with Gasteiger partial charge in [-0.1, -0.05) is 18.2 Å². The van der Waals surface area contributed by atoms with E-state index in [0.29, 0.717) is 5.56 Å². The monoisotopic (exact) mass is 402 g/mol. The summed E-state index contributed by atoms with van der Waals surface area (Å²) in [7, 11) is 0. The zero-order valence-electron chi connectivity index (χ0n) is 16.1. The number of ether oxygens (including phenoxy) is 1. The summed E-state index contributed by atoms with van der Waals surface area (Å²) in [5, 5.41) is 2.62. The molecule has 2 fully saturated rings. The molecule has 0 radical (unpaired) electrons. The number of carbonyl (C=O) groups excluding carboxylic acids is 5. The van der Waals surface area contributed by atoms with Gasteiger partial charge in [0.25, 0.3) is 17.7 Å². The van der Waals surface area contributed by atoms with Gasteiger partial charge in [-0.15, -0.1) is 0 Å². The Bertz CT molecular complexity index is 854. The molecule has 0 unspecified atom stereocenters. The predicted molar refractivity (Wildman–Crippen MR) is 99.0 cm³/mol. The average molecular weight is 402 g/mol. The van der Waals surface area contributed by atoms with E-state index in [-0.39, 0.29) is 5.92 Å². The van der Waals surface area contributed by atoms with Crippen molar-refractivity contribution in [1.82, 2.24) is 21.1 Å². The maximum absolute atomic E-state index is 12.5. The first-order valence-corrected chi connectivity index (χ1v) is 9.21. The molecule has 10 nitrogen and oxygen atoms in total. The van der Waals surface area contributed by atoms with Gasteiger partial charge in [-0.2, -0.15) is 0 Å². The van der Waals surface area contributed by atoms with E-state index in [2.05, 4.69) is 16.2 Å². The number of rotatable bonds is 6. The molecule has 1 saturated heterocycles. The van der Waals surface area contributed by atoms with Gasteiger partial charge in [-0.25, -0.2) is 4.79 Å². The van der Waals surface area contributed by atoms with Gasteiger partial charge in [0, 0.05) is 5.56 Å². The van der Waals surface area contributed by atoms with Gasteiger partial charge in [0.05, 0.1) is 0 Å². The van der Waals surface area contributed by atoms with E-state index < -0.39 is 47.9 Å². The van der Waals surface area contributed by atoms with Crippen molar-refractivity contribution < 1.29 is 28.7 Å². The minimum Gasteiger partial charge on any atom is -0.451 e. The van der Waals surface area contributed by atoms with Crippen molar-refractivity contribution in [2.45, 2.75) is 38.3 Å². The van der Waals surface area contributed by atoms with Gasteiger partial charge in [0.2, 0.25) is 0 Å². The number of nitrogens with one attached hydrogen (secondary N) is 3. The van der Waals surface area contributed by atoms with Gasteiger partial charge in [-0.3, -0.25) is 34.9 Å². The fourth-order valence-electron chi connectivity index (χ4n) is 3.10. The normalized spacial score (nSPS) is 21.9. The van der Waals surface area contributed by atoms with Crippen LogP contribution in [0.15, 0.2) is 30.3 Å². The first-order valence-electron chi connectivity index (χ1n) is 9.21.